The second-order valence-corrected chi connectivity index (χ2v) is 10.3. The number of unbranched alkanes of at least 4 members (excludes halogenated alkanes) is 2. The summed E-state index contributed by atoms with van der Waals surface area (Å²) in [5.74, 6) is -4.71. The predicted molar refractivity (Wildman–Crippen MR) is 141 cm³/mol. The summed E-state index contributed by atoms with van der Waals surface area (Å²) in [6.07, 6.45) is 3.31. The van der Waals surface area contributed by atoms with Crippen LogP contribution in [0, 0.1) is 10.1 Å². The molecule has 0 bridgehead atoms. The molecule has 0 spiro atoms. The number of benzene rings is 1. The molecule has 1 aromatic rings. The maximum Gasteiger partial charge on any atom is 0.284 e. The number of carbonyl (C=O) groups is 5. The van der Waals surface area contributed by atoms with Gasteiger partial charge in [-0.2, -0.15) is 13.5 Å². The fourth-order valence-corrected chi connectivity index (χ4v) is 4.10. The van der Waals surface area contributed by atoms with Crippen LogP contribution in [0.3, 0.4) is 0 Å². The van der Waals surface area contributed by atoms with Gasteiger partial charge in [-0.25, -0.2) is 5.43 Å². The molecule has 0 saturated heterocycles. The molecule has 2 rings (SSSR count). The fraction of sp³-hybridized carbons (Fsp3) is 0.391. The number of nitro benzene ring substituents is 1. The second kappa shape index (κ2) is 14.0. The summed E-state index contributed by atoms with van der Waals surface area (Å²) in [7, 11) is -4.73. The van der Waals surface area contributed by atoms with Gasteiger partial charge < -0.3 is 10.6 Å². The van der Waals surface area contributed by atoms with Crippen LogP contribution in [0.15, 0.2) is 35.5 Å². The maximum absolute atomic E-state index is 12.7. The molecular formula is C23H28N6O10S. The van der Waals surface area contributed by atoms with Crippen molar-refractivity contribution >= 4 is 56.7 Å². The van der Waals surface area contributed by atoms with Gasteiger partial charge in [0.15, 0.2) is 0 Å². The van der Waals surface area contributed by atoms with Gasteiger partial charge in [0.25, 0.3) is 33.5 Å². The number of hydrogen-bond donors (Lipinski definition) is 4. The van der Waals surface area contributed by atoms with Gasteiger partial charge in [0, 0.05) is 42.6 Å². The van der Waals surface area contributed by atoms with Crippen LogP contribution in [0.4, 0.5) is 11.4 Å². The van der Waals surface area contributed by atoms with Gasteiger partial charge in [0.1, 0.15) is 17.4 Å². The number of amides is 5. The Balaban J connectivity index is 2.02. The highest BCUT2D eigenvalue weighted by Gasteiger charge is 2.28. The molecule has 0 unspecified atom stereocenters. The molecule has 0 aliphatic carbocycles. The number of hydrogen-bond acceptors (Lipinski definition) is 10. The first-order chi connectivity index (χ1) is 18.7. The molecule has 4 N–H and O–H groups in total. The van der Waals surface area contributed by atoms with E-state index >= 15 is 0 Å². The monoisotopic (exact) mass is 580 g/mol. The van der Waals surface area contributed by atoms with E-state index in [1.165, 1.54) is 0 Å². The maximum atomic E-state index is 12.7. The van der Waals surface area contributed by atoms with E-state index in [2.05, 4.69) is 21.2 Å². The van der Waals surface area contributed by atoms with Crippen molar-refractivity contribution in [2.75, 3.05) is 17.6 Å². The van der Waals surface area contributed by atoms with Crippen molar-refractivity contribution in [3.8, 4) is 0 Å². The minimum absolute atomic E-state index is 0.135. The number of hydrazone groups is 1. The van der Waals surface area contributed by atoms with E-state index in [1.54, 1.807) is 13.8 Å². The first kappa shape index (κ1) is 31.7. The van der Waals surface area contributed by atoms with E-state index in [1.807, 2.05) is 0 Å². The molecule has 0 radical (unpaired) electrons. The van der Waals surface area contributed by atoms with E-state index in [0.717, 1.165) is 35.3 Å². The first-order valence-corrected chi connectivity index (χ1v) is 13.5. The van der Waals surface area contributed by atoms with Crippen LogP contribution in [0.2, 0.25) is 0 Å². The van der Waals surface area contributed by atoms with Crippen LogP contribution in [-0.2, 0) is 29.3 Å². The molecule has 0 fully saturated rings. The summed E-state index contributed by atoms with van der Waals surface area (Å²) in [5.41, 5.74) is 1.41. The van der Waals surface area contributed by atoms with Crippen molar-refractivity contribution in [3.05, 3.63) is 46.0 Å². The van der Waals surface area contributed by atoms with Crippen LogP contribution in [-0.4, -0.2) is 76.4 Å². The Morgan fingerprint density at radius 1 is 1.10 bits per heavy atom. The van der Waals surface area contributed by atoms with E-state index < -0.39 is 62.1 Å². The molecule has 0 saturated carbocycles. The minimum atomic E-state index is -4.73. The van der Waals surface area contributed by atoms with Crippen molar-refractivity contribution in [1.82, 2.24) is 15.6 Å². The molecule has 1 aliphatic heterocycles. The third-order valence-electron chi connectivity index (χ3n) is 5.30. The van der Waals surface area contributed by atoms with Gasteiger partial charge in [-0.05, 0) is 38.8 Å². The quantitative estimate of drug-likeness (QED) is 0.0594. The molecule has 40 heavy (non-hydrogen) atoms. The standard InChI is InChI=1S/C23H28N6O10S/c1-14(2)26-27-22(33)16-8-7-15(12-18(16)29(35)36)24-23(34)17(13-40(37,38)39)25-19(30)6-4-3-5-11-28-20(31)9-10-21(28)32/h7-10,12,17H,3-6,11,13H2,1-2H3,(H,24,34)(H,25,30)(H,27,33)(H,37,38,39)/t17-/m0/s1. The lowest BCUT2D eigenvalue weighted by Gasteiger charge is -2.18. The summed E-state index contributed by atoms with van der Waals surface area (Å²) in [6, 6.07) is 1.32. The van der Waals surface area contributed by atoms with Gasteiger partial charge in [-0.3, -0.25) is 43.5 Å². The third-order valence-corrected chi connectivity index (χ3v) is 6.06. The number of rotatable bonds is 14. The van der Waals surface area contributed by atoms with Gasteiger partial charge >= 0.3 is 0 Å². The lowest BCUT2D eigenvalue weighted by atomic mass is 10.1. The van der Waals surface area contributed by atoms with Crippen LogP contribution in [0.1, 0.15) is 49.9 Å². The molecule has 1 atom stereocenters. The van der Waals surface area contributed by atoms with E-state index in [-0.39, 0.29) is 30.6 Å². The largest absolute Gasteiger partial charge is 0.343 e. The summed E-state index contributed by atoms with van der Waals surface area (Å²) in [6.45, 7) is 3.35. The van der Waals surface area contributed by atoms with Gasteiger partial charge in [-0.15, -0.1) is 0 Å². The first-order valence-electron chi connectivity index (χ1n) is 11.9. The Labute approximate surface area is 228 Å². The predicted octanol–water partition coefficient (Wildman–Crippen LogP) is 0.517. The number of nitro groups is 1. The van der Waals surface area contributed by atoms with Crippen LogP contribution in [0.5, 0.6) is 0 Å². The average Bonchev–Trinajstić information content (AvgIpc) is 3.17. The normalized spacial score (nSPS) is 13.5. The molecule has 1 aromatic carbocycles. The summed E-state index contributed by atoms with van der Waals surface area (Å²) >= 11 is 0. The summed E-state index contributed by atoms with van der Waals surface area (Å²) in [4.78, 5) is 72.1. The number of anilines is 1. The number of nitrogens with one attached hydrogen (secondary N) is 3. The zero-order chi connectivity index (χ0) is 30.0. The van der Waals surface area contributed by atoms with Gasteiger partial charge in [0.2, 0.25) is 11.8 Å². The van der Waals surface area contributed by atoms with E-state index in [4.69, 9.17) is 0 Å². The smallest absolute Gasteiger partial charge is 0.284 e. The summed E-state index contributed by atoms with van der Waals surface area (Å²) < 4.78 is 32.1. The van der Waals surface area contributed by atoms with E-state index in [0.29, 0.717) is 18.6 Å². The average molecular weight is 581 g/mol. The topological polar surface area (TPSA) is 235 Å². The third kappa shape index (κ3) is 9.99. The Morgan fingerprint density at radius 2 is 1.75 bits per heavy atom. The Kier molecular flexibility index (Phi) is 11.1. The highest BCUT2D eigenvalue weighted by atomic mass is 32.2. The zero-order valence-electron chi connectivity index (χ0n) is 21.6. The highest BCUT2D eigenvalue weighted by molar-refractivity contribution is 7.85. The van der Waals surface area contributed by atoms with Crippen molar-refractivity contribution in [3.63, 3.8) is 0 Å². The number of nitrogens with zero attached hydrogens (tertiary/aromatic N) is 3. The molecular weight excluding hydrogens is 552 g/mol. The lowest BCUT2D eigenvalue weighted by molar-refractivity contribution is -0.385. The molecule has 216 valence electrons. The number of imide groups is 1. The number of carbonyl (C=O) groups excluding carboxylic acids is 5. The molecule has 1 heterocycles. The highest BCUT2D eigenvalue weighted by Crippen LogP contribution is 2.23. The molecule has 1 aliphatic rings. The fourth-order valence-electron chi connectivity index (χ4n) is 3.45. The van der Waals surface area contributed by atoms with Crippen LogP contribution in [0.25, 0.3) is 0 Å². The molecule has 5 amide bonds. The molecule has 0 aromatic heterocycles. The summed E-state index contributed by atoms with van der Waals surface area (Å²) in [5, 5.41) is 19.6. The second-order valence-electron chi connectivity index (χ2n) is 8.82. The van der Waals surface area contributed by atoms with Crippen molar-refractivity contribution in [1.29, 1.82) is 0 Å². The zero-order valence-corrected chi connectivity index (χ0v) is 22.4. The van der Waals surface area contributed by atoms with Gasteiger partial charge in [-0.1, -0.05) is 6.42 Å². The Bertz CT molecular complexity index is 1350. The van der Waals surface area contributed by atoms with E-state index in [9.17, 15) is 47.1 Å². The van der Waals surface area contributed by atoms with Gasteiger partial charge in [0.05, 0.1) is 4.92 Å². The Hall–Kier alpha value is -4.51. The van der Waals surface area contributed by atoms with Crippen molar-refractivity contribution in [2.24, 2.45) is 5.10 Å². The Morgan fingerprint density at radius 3 is 2.33 bits per heavy atom. The van der Waals surface area contributed by atoms with Crippen molar-refractivity contribution in [2.45, 2.75) is 45.6 Å². The molecule has 16 nitrogen and oxygen atoms in total. The van der Waals surface area contributed by atoms with Crippen LogP contribution >= 0.6 is 0 Å². The van der Waals surface area contributed by atoms with Crippen LogP contribution < -0.4 is 16.1 Å². The lowest BCUT2D eigenvalue weighted by Crippen LogP contribution is -2.47. The SMILES string of the molecule is CC(C)=NNC(=O)c1ccc(NC(=O)[C@H](CS(=O)(=O)O)NC(=O)CCCCCN2C(=O)C=CC2=O)cc1[N+](=O)[O-]. The molecule has 17 heteroatoms. The van der Waals surface area contributed by atoms with Crippen molar-refractivity contribution < 1.29 is 41.9 Å². The minimum Gasteiger partial charge on any atom is -0.343 e.